The van der Waals surface area contributed by atoms with E-state index in [-0.39, 0.29) is 5.91 Å². The average molecular weight is 362 g/mol. The molecule has 0 aliphatic carbocycles. The van der Waals surface area contributed by atoms with Crippen LogP contribution in [0.1, 0.15) is 22.3 Å². The standard InChI is InChI=1S/C22H26N4O/c1-17-5-3-8-21(18(17)2)24-22(27)16-26-11-9-25(10-12-26)15-20-7-4-6-19(13-20)14-23/h3-8,13H,9-12,15-16H2,1-2H3,(H,24,27). The number of hydrogen-bond acceptors (Lipinski definition) is 4. The zero-order valence-corrected chi connectivity index (χ0v) is 16.0. The molecule has 27 heavy (non-hydrogen) atoms. The van der Waals surface area contributed by atoms with E-state index in [1.807, 2.05) is 37.3 Å². The summed E-state index contributed by atoms with van der Waals surface area (Å²) in [6, 6.07) is 15.9. The van der Waals surface area contributed by atoms with Crippen LogP contribution in [-0.2, 0) is 11.3 Å². The highest BCUT2D eigenvalue weighted by Crippen LogP contribution is 2.18. The summed E-state index contributed by atoms with van der Waals surface area (Å²) in [5, 5.41) is 12.1. The van der Waals surface area contributed by atoms with Gasteiger partial charge in [-0.15, -0.1) is 0 Å². The number of nitrogens with zero attached hydrogens (tertiary/aromatic N) is 3. The van der Waals surface area contributed by atoms with Crippen LogP contribution in [0.3, 0.4) is 0 Å². The number of nitrogens with one attached hydrogen (secondary N) is 1. The largest absolute Gasteiger partial charge is 0.325 e. The molecular weight excluding hydrogens is 336 g/mol. The van der Waals surface area contributed by atoms with Gasteiger partial charge in [-0.25, -0.2) is 0 Å². The molecule has 140 valence electrons. The number of anilines is 1. The van der Waals surface area contributed by atoms with E-state index in [0.717, 1.165) is 49.5 Å². The first-order valence-electron chi connectivity index (χ1n) is 9.35. The number of amides is 1. The lowest BCUT2D eigenvalue weighted by Gasteiger charge is -2.34. The number of benzene rings is 2. The second-order valence-electron chi connectivity index (χ2n) is 7.16. The predicted octanol–water partition coefficient (Wildman–Crippen LogP) is 2.93. The van der Waals surface area contributed by atoms with Crippen molar-refractivity contribution >= 4 is 11.6 Å². The fourth-order valence-electron chi connectivity index (χ4n) is 3.38. The molecule has 1 amide bonds. The first kappa shape index (κ1) is 19.1. The van der Waals surface area contributed by atoms with Crippen molar-refractivity contribution < 1.29 is 4.79 Å². The number of carbonyl (C=O) groups is 1. The lowest BCUT2D eigenvalue weighted by Crippen LogP contribution is -2.48. The molecule has 0 bridgehead atoms. The molecule has 1 N–H and O–H groups in total. The van der Waals surface area contributed by atoms with Gasteiger partial charge in [0, 0.05) is 38.4 Å². The Bertz CT molecular complexity index is 848. The fraction of sp³-hybridized carbons (Fsp3) is 0.364. The van der Waals surface area contributed by atoms with Crippen molar-refractivity contribution in [3.63, 3.8) is 0 Å². The molecule has 1 heterocycles. The Morgan fingerprint density at radius 2 is 1.78 bits per heavy atom. The zero-order chi connectivity index (χ0) is 19.2. The van der Waals surface area contributed by atoms with Gasteiger partial charge in [-0.05, 0) is 48.7 Å². The van der Waals surface area contributed by atoms with Crippen LogP contribution in [0.15, 0.2) is 42.5 Å². The summed E-state index contributed by atoms with van der Waals surface area (Å²) < 4.78 is 0. The Hall–Kier alpha value is -2.68. The van der Waals surface area contributed by atoms with Crippen molar-refractivity contribution in [3.05, 3.63) is 64.7 Å². The molecule has 0 radical (unpaired) electrons. The second kappa shape index (κ2) is 8.81. The van der Waals surface area contributed by atoms with Crippen LogP contribution < -0.4 is 5.32 Å². The summed E-state index contributed by atoms with van der Waals surface area (Å²) in [6.07, 6.45) is 0. The van der Waals surface area contributed by atoms with Gasteiger partial charge in [0.05, 0.1) is 18.2 Å². The maximum absolute atomic E-state index is 12.4. The summed E-state index contributed by atoms with van der Waals surface area (Å²) in [5.74, 6) is 0.0406. The van der Waals surface area contributed by atoms with E-state index in [0.29, 0.717) is 12.1 Å². The molecule has 5 heteroatoms. The van der Waals surface area contributed by atoms with Crippen molar-refractivity contribution in [2.45, 2.75) is 20.4 Å². The maximum Gasteiger partial charge on any atom is 0.238 e. The average Bonchev–Trinajstić information content (AvgIpc) is 2.67. The molecule has 5 nitrogen and oxygen atoms in total. The van der Waals surface area contributed by atoms with Crippen molar-refractivity contribution in [2.75, 3.05) is 38.0 Å². The smallest absolute Gasteiger partial charge is 0.238 e. The molecule has 2 aromatic carbocycles. The van der Waals surface area contributed by atoms with Crippen molar-refractivity contribution in [2.24, 2.45) is 0 Å². The Kier molecular flexibility index (Phi) is 6.23. The summed E-state index contributed by atoms with van der Waals surface area (Å²) in [5.41, 5.74) is 5.07. The van der Waals surface area contributed by atoms with Crippen LogP contribution in [0.25, 0.3) is 0 Å². The van der Waals surface area contributed by atoms with Crippen LogP contribution in [-0.4, -0.2) is 48.4 Å². The van der Waals surface area contributed by atoms with Gasteiger partial charge in [0.1, 0.15) is 0 Å². The summed E-state index contributed by atoms with van der Waals surface area (Å²) in [4.78, 5) is 17.0. The summed E-state index contributed by atoms with van der Waals surface area (Å²) in [6.45, 7) is 8.95. The van der Waals surface area contributed by atoms with E-state index in [1.165, 1.54) is 5.56 Å². The molecule has 0 atom stereocenters. The van der Waals surface area contributed by atoms with E-state index in [2.05, 4.69) is 40.2 Å². The summed E-state index contributed by atoms with van der Waals surface area (Å²) >= 11 is 0. The van der Waals surface area contributed by atoms with E-state index in [9.17, 15) is 4.79 Å². The van der Waals surface area contributed by atoms with Gasteiger partial charge in [0.2, 0.25) is 5.91 Å². The van der Waals surface area contributed by atoms with Gasteiger partial charge in [-0.2, -0.15) is 5.26 Å². The number of carbonyl (C=O) groups excluding carboxylic acids is 1. The maximum atomic E-state index is 12.4. The lowest BCUT2D eigenvalue weighted by molar-refractivity contribution is -0.117. The number of aryl methyl sites for hydroxylation is 1. The topological polar surface area (TPSA) is 59.4 Å². The van der Waals surface area contributed by atoms with Gasteiger partial charge >= 0.3 is 0 Å². The van der Waals surface area contributed by atoms with Crippen LogP contribution in [0.2, 0.25) is 0 Å². The van der Waals surface area contributed by atoms with E-state index < -0.39 is 0 Å². The molecule has 3 rings (SSSR count). The van der Waals surface area contributed by atoms with Crippen LogP contribution in [0.5, 0.6) is 0 Å². The Balaban J connectivity index is 1.47. The number of rotatable bonds is 5. The van der Waals surface area contributed by atoms with Crippen LogP contribution in [0, 0.1) is 25.2 Å². The third-order valence-corrected chi connectivity index (χ3v) is 5.17. The molecule has 0 aromatic heterocycles. The Labute approximate surface area is 161 Å². The molecule has 0 unspecified atom stereocenters. The monoisotopic (exact) mass is 362 g/mol. The molecule has 0 spiro atoms. The van der Waals surface area contributed by atoms with E-state index in [4.69, 9.17) is 5.26 Å². The lowest BCUT2D eigenvalue weighted by atomic mass is 10.1. The highest BCUT2D eigenvalue weighted by molar-refractivity contribution is 5.93. The number of nitriles is 1. The van der Waals surface area contributed by atoms with Crippen molar-refractivity contribution in [3.8, 4) is 6.07 Å². The minimum Gasteiger partial charge on any atom is -0.325 e. The molecular formula is C22H26N4O. The van der Waals surface area contributed by atoms with Gasteiger partial charge in [-0.1, -0.05) is 24.3 Å². The molecule has 1 saturated heterocycles. The normalized spacial score (nSPS) is 15.3. The van der Waals surface area contributed by atoms with Gasteiger partial charge in [0.25, 0.3) is 0 Å². The highest BCUT2D eigenvalue weighted by atomic mass is 16.2. The third-order valence-electron chi connectivity index (χ3n) is 5.17. The predicted molar refractivity (Wildman–Crippen MR) is 107 cm³/mol. The third kappa shape index (κ3) is 5.16. The first-order chi connectivity index (χ1) is 13.0. The number of hydrogen-bond donors (Lipinski definition) is 1. The summed E-state index contributed by atoms with van der Waals surface area (Å²) in [7, 11) is 0. The van der Waals surface area contributed by atoms with Crippen molar-refractivity contribution in [1.82, 2.24) is 9.80 Å². The number of piperazine rings is 1. The SMILES string of the molecule is Cc1cccc(NC(=O)CN2CCN(Cc3cccc(C#N)c3)CC2)c1C. The fourth-order valence-corrected chi connectivity index (χ4v) is 3.38. The van der Waals surface area contributed by atoms with Gasteiger partial charge in [0.15, 0.2) is 0 Å². The van der Waals surface area contributed by atoms with Crippen molar-refractivity contribution in [1.29, 1.82) is 5.26 Å². The Morgan fingerprint density at radius 1 is 1.07 bits per heavy atom. The molecule has 1 aliphatic heterocycles. The van der Waals surface area contributed by atoms with E-state index >= 15 is 0 Å². The molecule has 2 aromatic rings. The zero-order valence-electron chi connectivity index (χ0n) is 16.0. The van der Waals surface area contributed by atoms with Gasteiger partial charge in [-0.3, -0.25) is 14.6 Å². The van der Waals surface area contributed by atoms with Gasteiger partial charge < -0.3 is 5.32 Å². The van der Waals surface area contributed by atoms with Crippen LogP contribution in [0.4, 0.5) is 5.69 Å². The second-order valence-corrected chi connectivity index (χ2v) is 7.16. The minimum atomic E-state index is 0.0406. The highest BCUT2D eigenvalue weighted by Gasteiger charge is 2.19. The van der Waals surface area contributed by atoms with Crippen LogP contribution >= 0.6 is 0 Å². The van der Waals surface area contributed by atoms with E-state index in [1.54, 1.807) is 0 Å². The Morgan fingerprint density at radius 3 is 2.52 bits per heavy atom. The molecule has 1 fully saturated rings. The minimum absolute atomic E-state index is 0.0406. The molecule has 1 aliphatic rings. The molecule has 0 saturated carbocycles. The quantitative estimate of drug-likeness (QED) is 0.888. The first-order valence-corrected chi connectivity index (χ1v) is 9.35.